The third-order valence-electron chi connectivity index (χ3n) is 5.10. The van der Waals surface area contributed by atoms with Gasteiger partial charge >= 0.3 is 6.18 Å². The maximum absolute atomic E-state index is 12.9. The van der Waals surface area contributed by atoms with Crippen molar-refractivity contribution in [3.8, 4) is 0 Å². The molecule has 9 heteroatoms. The molecule has 6 nitrogen and oxygen atoms in total. The largest absolute Gasteiger partial charge is 0.416 e. The Balaban J connectivity index is 1.77. The lowest BCUT2D eigenvalue weighted by molar-refractivity contribution is -0.920. The number of rotatable bonds is 3. The summed E-state index contributed by atoms with van der Waals surface area (Å²) in [5.41, 5.74) is 4.32. The SMILES string of the molecule is NC(=O)C1CC[NH+]([C@H]2CC(=O)N(c3cccc(C(F)(F)F)c3)C2=O)CC1. The van der Waals surface area contributed by atoms with E-state index in [0.717, 1.165) is 21.9 Å². The van der Waals surface area contributed by atoms with E-state index in [4.69, 9.17) is 5.73 Å². The van der Waals surface area contributed by atoms with E-state index >= 15 is 0 Å². The molecule has 0 aliphatic carbocycles. The van der Waals surface area contributed by atoms with Crippen molar-refractivity contribution >= 4 is 23.4 Å². The van der Waals surface area contributed by atoms with E-state index in [2.05, 4.69) is 0 Å². The van der Waals surface area contributed by atoms with Crippen molar-refractivity contribution < 1.29 is 32.5 Å². The molecule has 2 fully saturated rings. The molecule has 3 amide bonds. The van der Waals surface area contributed by atoms with E-state index in [9.17, 15) is 27.6 Å². The van der Waals surface area contributed by atoms with Gasteiger partial charge < -0.3 is 10.6 Å². The zero-order valence-corrected chi connectivity index (χ0v) is 13.9. The van der Waals surface area contributed by atoms with Crippen LogP contribution in [-0.2, 0) is 20.6 Å². The van der Waals surface area contributed by atoms with Gasteiger partial charge in [0.2, 0.25) is 11.8 Å². The van der Waals surface area contributed by atoms with Crippen molar-refractivity contribution in [2.75, 3.05) is 18.0 Å². The fourth-order valence-electron chi connectivity index (χ4n) is 3.67. The van der Waals surface area contributed by atoms with Crippen LogP contribution in [0.2, 0.25) is 0 Å². The van der Waals surface area contributed by atoms with Crippen LogP contribution >= 0.6 is 0 Å². The lowest BCUT2D eigenvalue weighted by Gasteiger charge is -2.30. The minimum atomic E-state index is -4.55. The van der Waals surface area contributed by atoms with Gasteiger partial charge in [-0.15, -0.1) is 0 Å². The highest BCUT2D eigenvalue weighted by Crippen LogP contribution is 2.32. The third-order valence-corrected chi connectivity index (χ3v) is 5.10. The lowest BCUT2D eigenvalue weighted by atomic mass is 9.95. The smallest absolute Gasteiger partial charge is 0.369 e. The number of nitrogens with one attached hydrogen (secondary N) is 1. The van der Waals surface area contributed by atoms with Gasteiger partial charge in [-0.1, -0.05) is 6.07 Å². The normalized spacial score (nSPS) is 27.0. The standard InChI is InChI=1S/C17H18F3N3O3/c18-17(19,20)11-2-1-3-12(8-11)23-14(24)9-13(16(23)26)22-6-4-10(5-7-22)15(21)25/h1-3,8,10,13H,4-7,9H2,(H2,21,25)/p+1/t13-/m0/s1. The number of quaternary nitrogens is 1. The maximum atomic E-state index is 12.9. The molecule has 2 heterocycles. The monoisotopic (exact) mass is 370 g/mol. The number of nitrogens with two attached hydrogens (primary N) is 1. The molecular formula is C17H19F3N3O3+. The van der Waals surface area contributed by atoms with Crippen LogP contribution in [0.4, 0.5) is 18.9 Å². The van der Waals surface area contributed by atoms with Gasteiger partial charge in [0, 0.05) is 18.8 Å². The van der Waals surface area contributed by atoms with Crippen molar-refractivity contribution in [3.05, 3.63) is 29.8 Å². The number of halogens is 3. The Labute approximate surface area is 147 Å². The first-order valence-corrected chi connectivity index (χ1v) is 8.36. The van der Waals surface area contributed by atoms with Crippen LogP contribution in [0.3, 0.4) is 0 Å². The number of anilines is 1. The second kappa shape index (κ2) is 6.71. The van der Waals surface area contributed by atoms with Crippen molar-refractivity contribution in [2.24, 2.45) is 11.7 Å². The van der Waals surface area contributed by atoms with Crippen molar-refractivity contribution in [3.63, 3.8) is 0 Å². The summed E-state index contributed by atoms with van der Waals surface area (Å²) in [5, 5.41) is 0. The predicted octanol–water partition coefficient (Wildman–Crippen LogP) is 0.118. The van der Waals surface area contributed by atoms with Gasteiger partial charge in [0.1, 0.15) is 0 Å². The molecule has 0 bridgehead atoms. The number of carbonyl (C=O) groups excluding carboxylic acids is 3. The average molecular weight is 370 g/mol. The Bertz CT molecular complexity index is 742. The van der Waals surface area contributed by atoms with E-state index in [1.807, 2.05) is 0 Å². The first-order chi connectivity index (χ1) is 12.2. The molecule has 1 aromatic carbocycles. The lowest BCUT2D eigenvalue weighted by Crippen LogP contribution is -3.17. The number of benzene rings is 1. The third kappa shape index (κ3) is 3.44. The zero-order chi connectivity index (χ0) is 19.1. The Morgan fingerprint density at radius 1 is 1.19 bits per heavy atom. The van der Waals surface area contributed by atoms with Crippen LogP contribution < -0.4 is 15.5 Å². The summed E-state index contributed by atoms with van der Waals surface area (Å²) in [6, 6.07) is 3.57. The summed E-state index contributed by atoms with van der Waals surface area (Å²) in [6.07, 6.45) is -3.53. The van der Waals surface area contributed by atoms with Gasteiger partial charge in [-0.2, -0.15) is 13.2 Å². The molecule has 3 rings (SSSR count). The molecule has 3 N–H and O–H groups in total. The van der Waals surface area contributed by atoms with E-state index in [1.54, 1.807) is 0 Å². The number of primary amides is 1. The number of carbonyl (C=O) groups is 3. The van der Waals surface area contributed by atoms with Gasteiger partial charge in [0.15, 0.2) is 6.04 Å². The summed E-state index contributed by atoms with van der Waals surface area (Å²) >= 11 is 0. The summed E-state index contributed by atoms with van der Waals surface area (Å²) in [6.45, 7) is 1.04. The number of imide groups is 1. The van der Waals surface area contributed by atoms with Crippen molar-refractivity contribution in [1.82, 2.24) is 0 Å². The molecule has 2 aliphatic rings. The average Bonchev–Trinajstić information content (AvgIpc) is 2.89. The Hall–Kier alpha value is -2.42. The minimum Gasteiger partial charge on any atom is -0.369 e. The van der Waals surface area contributed by atoms with Crippen LogP contribution in [-0.4, -0.2) is 36.9 Å². The molecule has 0 aromatic heterocycles. The molecule has 2 saturated heterocycles. The number of hydrogen-bond donors (Lipinski definition) is 2. The molecule has 0 saturated carbocycles. The van der Waals surface area contributed by atoms with Crippen LogP contribution in [0, 0.1) is 5.92 Å². The molecule has 0 spiro atoms. The molecule has 26 heavy (non-hydrogen) atoms. The predicted molar refractivity (Wildman–Crippen MR) is 85.0 cm³/mol. The number of likely N-dealkylation sites (tertiary alicyclic amines) is 1. The first kappa shape index (κ1) is 18.4. The highest BCUT2D eigenvalue weighted by atomic mass is 19.4. The molecule has 140 valence electrons. The second-order valence-electron chi connectivity index (χ2n) is 6.71. The van der Waals surface area contributed by atoms with E-state index in [0.29, 0.717) is 25.9 Å². The highest BCUT2D eigenvalue weighted by Gasteiger charge is 2.47. The van der Waals surface area contributed by atoms with Crippen molar-refractivity contribution in [2.45, 2.75) is 31.5 Å². The number of nitrogens with zero attached hydrogens (tertiary/aromatic N) is 1. The molecular weight excluding hydrogens is 351 g/mol. The van der Waals surface area contributed by atoms with Gasteiger partial charge in [0.25, 0.3) is 5.91 Å². The maximum Gasteiger partial charge on any atom is 0.416 e. The molecule has 1 aromatic rings. The molecule has 1 atom stereocenters. The number of piperidine rings is 1. The number of alkyl halides is 3. The van der Waals surface area contributed by atoms with Gasteiger partial charge in [0.05, 0.1) is 30.8 Å². The van der Waals surface area contributed by atoms with E-state index in [-0.39, 0.29) is 23.9 Å². The van der Waals surface area contributed by atoms with Gasteiger partial charge in [-0.25, -0.2) is 4.90 Å². The summed E-state index contributed by atoms with van der Waals surface area (Å²) in [4.78, 5) is 38.0. The van der Waals surface area contributed by atoms with Crippen LogP contribution in [0.1, 0.15) is 24.8 Å². The van der Waals surface area contributed by atoms with Gasteiger partial charge in [-0.05, 0) is 18.2 Å². The highest BCUT2D eigenvalue weighted by molar-refractivity contribution is 6.21. The Morgan fingerprint density at radius 2 is 1.85 bits per heavy atom. The first-order valence-electron chi connectivity index (χ1n) is 8.36. The zero-order valence-electron chi connectivity index (χ0n) is 13.9. The minimum absolute atomic E-state index is 0.0500. The number of amides is 3. The fourth-order valence-corrected chi connectivity index (χ4v) is 3.67. The van der Waals surface area contributed by atoms with Crippen LogP contribution in [0.5, 0.6) is 0 Å². The van der Waals surface area contributed by atoms with Crippen LogP contribution in [0.25, 0.3) is 0 Å². The van der Waals surface area contributed by atoms with E-state index in [1.165, 1.54) is 12.1 Å². The van der Waals surface area contributed by atoms with Crippen LogP contribution in [0.15, 0.2) is 24.3 Å². The molecule has 0 unspecified atom stereocenters. The quantitative estimate of drug-likeness (QED) is 0.741. The van der Waals surface area contributed by atoms with E-state index < -0.39 is 29.6 Å². The summed E-state index contributed by atoms with van der Waals surface area (Å²) in [5.74, 6) is -1.61. The Morgan fingerprint density at radius 3 is 2.42 bits per heavy atom. The molecule has 0 radical (unpaired) electrons. The summed E-state index contributed by atoms with van der Waals surface area (Å²) < 4.78 is 38.7. The Kier molecular flexibility index (Phi) is 4.74. The van der Waals surface area contributed by atoms with Crippen molar-refractivity contribution in [1.29, 1.82) is 0 Å². The van der Waals surface area contributed by atoms with Gasteiger partial charge in [-0.3, -0.25) is 14.4 Å². The number of hydrogen-bond acceptors (Lipinski definition) is 3. The summed E-state index contributed by atoms with van der Waals surface area (Å²) in [7, 11) is 0. The second-order valence-corrected chi connectivity index (χ2v) is 6.71. The topological polar surface area (TPSA) is 84.9 Å². The molecule has 2 aliphatic heterocycles. The fraction of sp³-hybridized carbons (Fsp3) is 0.471.